The maximum absolute atomic E-state index is 12.4. The number of ketones is 1. The Morgan fingerprint density at radius 1 is 1.21 bits per heavy atom. The molecule has 1 aromatic rings. The second-order valence-corrected chi connectivity index (χ2v) is 9.02. The van der Waals surface area contributed by atoms with Crippen molar-refractivity contribution in [3.63, 3.8) is 0 Å². The first-order valence-electron chi connectivity index (χ1n) is 11.9. The summed E-state index contributed by atoms with van der Waals surface area (Å²) in [6.07, 6.45) is 14.8. The molecule has 0 bridgehead atoms. The molecule has 33 heavy (non-hydrogen) atoms. The number of ether oxygens (including phenoxy) is 1. The number of amides is 1. The van der Waals surface area contributed by atoms with Crippen molar-refractivity contribution < 1.29 is 14.3 Å². The molecule has 1 aromatic carbocycles. The van der Waals surface area contributed by atoms with Gasteiger partial charge in [0.25, 0.3) is 0 Å². The second-order valence-electron chi connectivity index (χ2n) is 9.02. The molecule has 1 amide bonds. The van der Waals surface area contributed by atoms with E-state index in [2.05, 4.69) is 22.0 Å². The molecule has 2 aliphatic heterocycles. The van der Waals surface area contributed by atoms with Gasteiger partial charge in [-0.2, -0.15) is 0 Å². The first-order valence-corrected chi connectivity index (χ1v) is 11.9. The molecule has 3 aliphatic rings. The number of carbonyl (C=O) groups is 2. The molecule has 1 N–H and O–H groups in total. The molecule has 2 unspecified atom stereocenters. The van der Waals surface area contributed by atoms with Crippen LogP contribution in [0.5, 0.6) is 0 Å². The van der Waals surface area contributed by atoms with Crippen molar-refractivity contribution in [1.82, 2.24) is 15.1 Å². The average Bonchev–Trinajstić information content (AvgIpc) is 2.81. The smallest absolute Gasteiger partial charge is 0.224 e. The maximum Gasteiger partial charge on any atom is 0.224 e. The van der Waals surface area contributed by atoms with Crippen LogP contribution >= 0.6 is 0 Å². The first-order chi connectivity index (χ1) is 16.1. The van der Waals surface area contributed by atoms with Crippen LogP contribution in [0.2, 0.25) is 0 Å². The molecule has 1 aliphatic carbocycles. The standard InChI is InChI=1S/C27H33N3O3/c1-21-17-24(28-27(32)18-22-7-3-2-4-8-22)11-14-30(21)13-6-12-29-15-16-33-26(20-29)23-9-5-10-25(31)19-23/h2-5,7-10,15-16,20-21,24H,6,11-14,17-19H2,1H3,(H,28,32). The molecule has 6 nitrogen and oxygen atoms in total. The lowest BCUT2D eigenvalue weighted by Crippen LogP contribution is -2.49. The summed E-state index contributed by atoms with van der Waals surface area (Å²) in [5.41, 5.74) is 1.97. The lowest BCUT2D eigenvalue weighted by atomic mass is 9.97. The van der Waals surface area contributed by atoms with Crippen LogP contribution in [-0.4, -0.2) is 53.2 Å². The van der Waals surface area contributed by atoms with E-state index in [1.54, 1.807) is 18.4 Å². The Morgan fingerprint density at radius 3 is 2.85 bits per heavy atom. The zero-order valence-corrected chi connectivity index (χ0v) is 19.3. The van der Waals surface area contributed by atoms with Crippen molar-refractivity contribution >= 4 is 11.7 Å². The quantitative estimate of drug-likeness (QED) is 0.659. The molecule has 4 rings (SSSR count). The number of hydrogen-bond acceptors (Lipinski definition) is 5. The van der Waals surface area contributed by atoms with Gasteiger partial charge in [0.15, 0.2) is 5.78 Å². The Morgan fingerprint density at radius 2 is 2.06 bits per heavy atom. The van der Waals surface area contributed by atoms with E-state index < -0.39 is 0 Å². The highest BCUT2D eigenvalue weighted by Crippen LogP contribution is 2.23. The van der Waals surface area contributed by atoms with Crippen LogP contribution in [0.3, 0.4) is 0 Å². The molecular weight excluding hydrogens is 414 g/mol. The zero-order valence-electron chi connectivity index (χ0n) is 19.3. The van der Waals surface area contributed by atoms with Gasteiger partial charge in [-0.3, -0.25) is 9.59 Å². The molecule has 0 spiro atoms. The van der Waals surface area contributed by atoms with Crippen LogP contribution in [0.25, 0.3) is 0 Å². The lowest BCUT2D eigenvalue weighted by molar-refractivity contribution is -0.121. The predicted molar refractivity (Wildman–Crippen MR) is 129 cm³/mol. The normalized spacial score (nSPS) is 23.1. The largest absolute Gasteiger partial charge is 0.462 e. The van der Waals surface area contributed by atoms with Gasteiger partial charge in [-0.15, -0.1) is 0 Å². The van der Waals surface area contributed by atoms with Gasteiger partial charge in [0.1, 0.15) is 12.0 Å². The molecule has 174 valence electrons. The van der Waals surface area contributed by atoms with E-state index >= 15 is 0 Å². The van der Waals surface area contributed by atoms with Gasteiger partial charge < -0.3 is 19.9 Å². The SMILES string of the molecule is CC1CC(NC(=O)Cc2ccccc2)CCN1CCCN1C=COC(C2=CC=CC(=O)C2)=C1. The summed E-state index contributed by atoms with van der Waals surface area (Å²) in [5.74, 6) is 0.959. The van der Waals surface area contributed by atoms with Gasteiger partial charge >= 0.3 is 0 Å². The van der Waals surface area contributed by atoms with Crippen molar-refractivity contribution in [3.8, 4) is 0 Å². The molecule has 6 heteroatoms. The van der Waals surface area contributed by atoms with Crippen LogP contribution < -0.4 is 5.32 Å². The molecular formula is C27H33N3O3. The monoisotopic (exact) mass is 447 g/mol. The van der Waals surface area contributed by atoms with E-state index in [1.165, 1.54) is 0 Å². The summed E-state index contributed by atoms with van der Waals surface area (Å²) >= 11 is 0. The summed E-state index contributed by atoms with van der Waals surface area (Å²) in [6, 6.07) is 10.6. The number of piperidine rings is 1. The van der Waals surface area contributed by atoms with E-state index in [9.17, 15) is 9.59 Å². The van der Waals surface area contributed by atoms with Crippen LogP contribution in [0.1, 0.15) is 38.2 Å². The molecule has 1 saturated heterocycles. The summed E-state index contributed by atoms with van der Waals surface area (Å²) in [6.45, 7) is 5.16. The van der Waals surface area contributed by atoms with Gasteiger partial charge in [0.05, 0.1) is 6.42 Å². The van der Waals surface area contributed by atoms with E-state index in [-0.39, 0.29) is 17.7 Å². The number of nitrogens with one attached hydrogen (secondary N) is 1. The number of carbonyl (C=O) groups excluding carboxylic acids is 2. The fourth-order valence-electron chi connectivity index (χ4n) is 4.65. The Balaban J connectivity index is 1.19. The van der Waals surface area contributed by atoms with E-state index in [0.717, 1.165) is 55.8 Å². The van der Waals surface area contributed by atoms with Gasteiger partial charge in [0, 0.05) is 56.1 Å². The maximum atomic E-state index is 12.4. The third-order valence-electron chi connectivity index (χ3n) is 6.44. The number of benzene rings is 1. The third kappa shape index (κ3) is 6.68. The molecule has 0 saturated carbocycles. The fraction of sp³-hybridized carbons (Fsp3) is 0.407. The Hall–Kier alpha value is -3.12. The lowest BCUT2D eigenvalue weighted by Gasteiger charge is -2.38. The topological polar surface area (TPSA) is 61.9 Å². The Kier molecular flexibility index (Phi) is 7.79. The van der Waals surface area contributed by atoms with E-state index in [1.807, 2.05) is 48.8 Å². The van der Waals surface area contributed by atoms with Crippen LogP contribution in [0.4, 0.5) is 0 Å². The van der Waals surface area contributed by atoms with Gasteiger partial charge in [0.2, 0.25) is 5.91 Å². The zero-order chi connectivity index (χ0) is 23.0. The fourth-order valence-corrected chi connectivity index (χ4v) is 4.65. The molecule has 0 aromatic heterocycles. The minimum absolute atomic E-state index is 0.103. The highest BCUT2D eigenvalue weighted by molar-refractivity contribution is 5.93. The van der Waals surface area contributed by atoms with Gasteiger partial charge in [-0.1, -0.05) is 42.5 Å². The molecule has 2 heterocycles. The van der Waals surface area contributed by atoms with Crippen LogP contribution in [0.15, 0.2) is 78.6 Å². The van der Waals surface area contributed by atoms with Crippen LogP contribution in [0, 0.1) is 0 Å². The molecule has 0 radical (unpaired) electrons. The summed E-state index contributed by atoms with van der Waals surface area (Å²) in [4.78, 5) is 28.7. The Labute approximate surface area is 196 Å². The number of hydrogen-bond donors (Lipinski definition) is 1. The summed E-state index contributed by atoms with van der Waals surface area (Å²) in [5, 5.41) is 3.23. The van der Waals surface area contributed by atoms with Crippen molar-refractivity contribution in [1.29, 1.82) is 0 Å². The van der Waals surface area contributed by atoms with Gasteiger partial charge in [-0.25, -0.2) is 0 Å². The number of allylic oxidation sites excluding steroid dienone is 4. The number of likely N-dealkylation sites (tertiary alicyclic amines) is 1. The molecule has 1 fully saturated rings. The predicted octanol–water partition coefficient (Wildman–Crippen LogP) is 3.69. The number of nitrogens with zero attached hydrogens (tertiary/aromatic N) is 2. The summed E-state index contributed by atoms with van der Waals surface area (Å²) in [7, 11) is 0. The highest BCUT2D eigenvalue weighted by atomic mass is 16.5. The molecule has 2 atom stereocenters. The van der Waals surface area contributed by atoms with Crippen LogP contribution in [-0.2, 0) is 20.7 Å². The van der Waals surface area contributed by atoms with Crippen molar-refractivity contribution in [3.05, 3.63) is 84.1 Å². The number of rotatable bonds is 8. The van der Waals surface area contributed by atoms with E-state index in [0.29, 0.717) is 18.9 Å². The first kappa shape index (κ1) is 23.1. The van der Waals surface area contributed by atoms with Crippen molar-refractivity contribution in [2.75, 3.05) is 19.6 Å². The van der Waals surface area contributed by atoms with Crippen molar-refractivity contribution in [2.45, 2.75) is 51.1 Å². The van der Waals surface area contributed by atoms with E-state index in [4.69, 9.17) is 4.74 Å². The minimum atomic E-state index is 0.103. The third-order valence-corrected chi connectivity index (χ3v) is 6.44. The minimum Gasteiger partial charge on any atom is -0.462 e. The van der Waals surface area contributed by atoms with Gasteiger partial charge in [-0.05, 0) is 37.8 Å². The average molecular weight is 448 g/mol. The summed E-state index contributed by atoms with van der Waals surface area (Å²) < 4.78 is 5.63. The Bertz CT molecular complexity index is 964. The second kappa shape index (κ2) is 11.1. The highest BCUT2D eigenvalue weighted by Gasteiger charge is 2.26. The van der Waals surface area contributed by atoms with Crippen molar-refractivity contribution in [2.24, 2.45) is 0 Å².